The van der Waals surface area contributed by atoms with Crippen LogP contribution in [0.3, 0.4) is 0 Å². The van der Waals surface area contributed by atoms with Gasteiger partial charge in [0.05, 0.1) is 11.8 Å². The number of carbonyl (C=O) groups is 4. The van der Waals surface area contributed by atoms with E-state index in [9.17, 15) is 24.0 Å². The molecule has 1 saturated heterocycles. The van der Waals surface area contributed by atoms with E-state index in [2.05, 4.69) is 15.6 Å². The summed E-state index contributed by atoms with van der Waals surface area (Å²) in [7, 11) is 0. The van der Waals surface area contributed by atoms with Crippen LogP contribution < -0.4 is 16.3 Å². The molecule has 11 nitrogen and oxygen atoms in total. The van der Waals surface area contributed by atoms with Crippen molar-refractivity contribution in [2.24, 2.45) is 23.7 Å². The number of hydrogen-bond acceptors (Lipinski definition) is 7. The summed E-state index contributed by atoms with van der Waals surface area (Å²) in [4.78, 5) is 66.5. The van der Waals surface area contributed by atoms with Crippen molar-refractivity contribution in [1.82, 2.24) is 19.8 Å². The standard InChI is InChI=1S/C22H27N5O6/c1-22(2,3)33-21(32)25-14-6-8-26(20(31)24-14)11-15(28)23-7-9-27-18(29)16-12-4-5-13(10-12)17(16)19(27)30/h4-6,8,12-13,16-17H,7,9-11H2,1-3H3,(H,23,28)(H,24,25,31,32)/t12-,13+,16-,17+. The Morgan fingerprint density at radius 3 is 2.33 bits per heavy atom. The van der Waals surface area contributed by atoms with E-state index in [1.54, 1.807) is 20.8 Å². The number of nitrogens with one attached hydrogen (secondary N) is 2. The van der Waals surface area contributed by atoms with E-state index >= 15 is 0 Å². The zero-order valence-electron chi connectivity index (χ0n) is 18.7. The predicted molar refractivity (Wildman–Crippen MR) is 116 cm³/mol. The Bertz CT molecular complexity index is 1060. The number of likely N-dealkylation sites (tertiary alicyclic amines) is 1. The van der Waals surface area contributed by atoms with Crippen LogP contribution >= 0.6 is 0 Å². The first-order valence-corrected chi connectivity index (χ1v) is 10.9. The van der Waals surface area contributed by atoms with Gasteiger partial charge in [0.15, 0.2) is 0 Å². The number of imide groups is 1. The monoisotopic (exact) mass is 457 g/mol. The molecule has 0 aromatic carbocycles. The Morgan fingerprint density at radius 2 is 1.76 bits per heavy atom. The van der Waals surface area contributed by atoms with Gasteiger partial charge in [-0.2, -0.15) is 4.98 Å². The lowest BCUT2D eigenvalue weighted by molar-refractivity contribution is -0.141. The summed E-state index contributed by atoms with van der Waals surface area (Å²) in [6.07, 6.45) is 5.51. The number of amides is 4. The molecule has 4 amide bonds. The lowest BCUT2D eigenvalue weighted by atomic mass is 9.85. The Hall–Kier alpha value is -3.50. The minimum Gasteiger partial charge on any atom is -0.444 e. The zero-order chi connectivity index (χ0) is 23.9. The average molecular weight is 457 g/mol. The smallest absolute Gasteiger partial charge is 0.413 e. The molecule has 2 fully saturated rings. The van der Waals surface area contributed by atoms with Crippen LogP contribution in [-0.2, 0) is 25.7 Å². The fraction of sp³-hybridized carbons (Fsp3) is 0.545. The molecule has 1 aliphatic heterocycles. The minimum absolute atomic E-state index is 0.00553. The van der Waals surface area contributed by atoms with Crippen molar-refractivity contribution in [3.63, 3.8) is 0 Å². The first kappa shape index (κ1) is 22.7. The van der Waals surface area contributed by atoms with E-state index < -0.39 is 23.3 Å². The molecule has 11 heteroatoms. The summed E-state index contributed by atoms with van der Waals surface area (Å²) < 4.78 is 6.18. The molecule has 2 heterocycles. The zero-order valence-corrected chi connectivity index (χ0v) is 18.7. The third kappa shape index (κ3) is 4.67. The molecule has 0 spiro atoms. The van der Waals surface area contributed by atoms with Crippen molar-refractivity contribution in [3.8, 4) is 0 Å². The van der Waals surface area contributed by atoms with Gasteiger partial charge in [-0.1, -0.05) is 12.2 Å². The van der Waals surface area contributed by atoms with Crippen LogP contribution in [0.5, 0.6) is 0 Å². The molecule has 0 radical (unpaired) electrons. The summed E-state index contributed by atoms with van der Waals surface area (Å²) in [5.41, 5.74) is -1.42. The Labute approximate surface area is 190 Å². The highest BCUT2D eigenvalue weighted by Crippen LogP contribution is 2.52. The highest BCUT2D eigenvalue weighted by atomic mass is 16.6. The topological polar surface area (TPSA) is 140 Å². The maximum absolute atomic E-state index is 12.6. The lowest BCUT2D eigenvalue weighted by Gasteiger charge is -2.19. The molecule has 176 valence electrons. The van der Waals surface area contributed by atoms with Gasteiger partial charge in [-0.3, -0.25) is 29.2 Å². The molecule has 2 aliphatic carbocycles. The first-order chi connectivity index (χ1) is 15.5. The van der Waals surface area contributed by atoms with Gasteiger partial charge >= 0.3 is 11.8 Å². The summed E-state index contributed by atoms with van der Waals surface area (Å²) in [5.74, 6) is -1.03. The number of nitrogens with zero attached hydrogens (tertiary/aromatic N) is 3. The molecule has 2 N–H and O–H groups in total. The average Bonchev–Trinajstić information content (AvgIpc) is 3.38. The van der Waals surface area contributed by atoms with Crippen molar-refractivity contribution in [3.05, 3.63) is 34.9 Å². The Morgan fingerprint density at radius 1 is 1.12 bits per heavy atom. The van der Waals surface area contributed by atoms with Gasteiger partial charge < -0.3 is 10.1 Å². The van der Waals surface area contributed by atoms with E-state index in [0.29, 0.717) is 0 Å². The van der Waals surface area contributed by atoms with E-state index in [1.807, 2.05) is 12.2 Å². The van der Waals surface area contributed by atoms with E-state index in [-0.39, 0.29) is 60.9 Å². The van der Waals surface area contributed by atoms with Crippen molar-refractivity contribution in [2.45, 2.75) is 39.3 Å². The Balaban J connectivity index is 1.26. The number of aromatic nitrogens is 2. The molecule has 4 atom stereocenters. The molecule has 3 aliphatic rings. The summed E-state index contributed by atoms with van der Waals surface area (Å²) >= 11 is 0. The van der Waals surface area contributed by atoms with Gasteiger partial charge in [0.25, 0.3) is 0 Å². The highest BCUT2D eigenvalue weighted by molar-refractivity contribution is 6.06. The quantitative estimate of drug-likeness (QED) is 0.469. The van der Waals surface area contributed by atoms with Crippen molar-refractivity contribution in [2.75, 3.05) is 18.4 Å². The largest absolute Gasteiger partial charge is 0.444 e. The van der Waals surface area contributed by atoms with E-state index in [0.717, 1.165) is 11.0 Å². The fourth-order valence-corrected chi connectivity index (χ4v) is 4.73. The van der Waals surface area contributed by atoms with Crippen LogP contribution in [0.1, 0.15) is 27.2 Å². The second-order valence-corrected chi connectivity index (χ2v) is 9.53. The second kappa shape index (κ2) is 8.45. The normalized spacial score (nSPS) is 25.4. The Kier molecular flexibility index (Phi) is 5.81. The summed E-state index contributed by atoms with van der Waals surface area (Å²) in [6, 6.07) is 1.38. The third-order valence-corrected chi connectivity index (χ3v) is 6.04. The SMILES string of the molecule is CC(C)(C)OC(=O)Nc1ccn(CC(=O)NCCN2C(=O)[C@@H]3[C@H](C2=O)[C@@H]2C=C[C@H]3C2)c(=O)n1. The fourth-order valence-electron chi connectivity index (χ4n) is 4.73. The molecule has 0 unspecified atom stereocenters. The molecule has 1 aromatic rings. The van der Waals surface area contributed by atoms with E-state index in [1.165, 1.54) is 17.2 Å². The van der Waals surface area contributed by atoms with E-state index in [4.69, 9.17) is 4.74 Å². The number of anilines is 1. The van der Waals surface area contributed by atoms with Gasteiger partial charge in [0, 0.05) is 19.3 Å². The number of carbonyl (C=O) groups excluding carboxylic acids is 4. The molecule has 1 aromatic heterocycles. The maximum Gasteiger partial charge on any atom is 0.413 e. The van der Waals surface area contributed by atoms with Crippen LogP contribution in [0.2, 0.25) is 0 Å². The van der Waals surface area contributed by atoms with Gasteiger partial charge in [0.2, 0.25) is 17.7 Å². The molecule has 1 saturated carbocycles. The van der Waals surface area contributed by atoms with Crippen LogP contribution in [0.25, 0.3) is 0 Å². The number of fused-ring (bicyclic) bond motifs is 5. The number of rotatable bonds is 6. The molecular formula is C22H27N5O6. The first-order valence-electron chi connectivity index (χ1n) is 10.9. The predicted octanol–water partition coefficient (Wildman–Crippen LogP) is 0.514. The van der Waals surface area contributed by atoms with Crippen LogP contribution in [0, 0.1) is 23.7 Å². The summed E-state index contributed by atoms with van der Waals surface area (Å²) in [6.45, 7) is 5.02. The minimum atomic E-state index is -0.746. The summed E-state index contributed by atoms with van der Waals surface area (Å²) in [5, 5.41) is 4.99. The van der Waals surface area contributed by atoms with Crippen molar-refractivity contribution in [1.29, 1.82) is 0 Å². The molecule has 33 heavy (non-hydrogen) atoms. The van der Waals surface area contributed by atoms with Gasteiger partial charge in [-0.15, -0.1) is 0 Å². The number of allylic oxidation sites excluding steroid dienone is 2. The van der Waals surface area contributed by atoms with Crippen LogP contribution in [-0.4, -0.2) is 57.0 Å². The van der Waals surface area contributed by atoms with Crippen molar-refractivity contribution < 1.29 is 23.9 Å². The van der Waals surface area contributed by atoms with Gasteiger partial charge in [-0.25, -0.2) is 9.59 Å². The van der Waals surface area contributed by atoms with Crippen LogP contribution in [0.4, 0.5) is 10.6 Å². The van der Waals surface area contributed by atoms with Crippen molar-refractivity contribution >= 4 is 29.6 Å². The highest BCUT2D eigenvalue weighted by Gasteiger charge is 2.58. The van der Waals surface area contributed by atoms with Gasteiger partial charge in [-0.05, 0) is 45.1 Å². The maximum atomic E-state index is 12.6. The number of ether oxygens (including phenoxy) is 1. The molecule has 2 bridgehead atoms. The molecular weight excluding hydrogens is 430 g/mol. The second-order valence-electron chi connectivity index (χ2n) is 9.53. The number of hydrogen-bond donors (Lipinski definition) is 2. The van der Waals surface area contributed by atoms with Gasteiger partial charge in [0.1, 0.15) is 18.0 Å². The third-order valence-electron chi connectivity index (χ3n) is 6.04. The lowest BCUT2D eigenvalue weighted by Crippen LogP contribution is -2.41. The molecule has 4 rings (SSSR count). The van der Waals surface area contributed by atoms with Crippen LogP contribution in [0.15, 0.2) is 29.2 Å².